The lowest BCUT2D eigenvalue weighted by molar-refractivity contribution is -0.145. The topological polar surface area (TPSA) is 53.0 Å². The first-order valence-electron chi connectivity index (χ1n) is 14.2. The number of carbonyl (C=O) groups excluding carboxylic acids is 1. The van der Waals surface area contributed by atoms with Crippen LogP contribution in [0.15, 0.2) is 66.2 Å². The first-order valence-corrected chi connectivity index (χ1v) is 14.6. The highest BCUT2D eigenvalue weighted by Gasteiger charge is 2.59. The number of esters is 1. The van der Waals surface area contributed by atoms with Gasteiger partial charge in [-0.25, -0.2) is 0 Å². The molecule has 1 N–H and O–H groups in total. The predicted molar refractivity (Wildman–Crippen MR) is 150 cm³/mol. The normalized spacial score (nSPS) is 34.7. The van der Waals surface area contributed by atoms with E-state index in [9.17, 15) is 9.90 Å². The Morgan fingerprint density at radius 3 is 2.45 bits per heavy atom. The Bertz CT molecular complexity index is 1180. The van der Waals surface area contributed by atoms with Crippen LogP contribution in [0.2, 0.25) is 5.02 Å². The molecule has 6 rings (SSSR count). The standard InChI is InChI=1S/C32H39ClN2O3/c1-21-7-6-10-24-19-27-28(30(36)32(21,24)2)26(31(37)38-27)20-34-15-17-35(18-16-34)29(22-8-4-3-5-9-22)23-11-13-25(33)14-12-23/h3-5,8-14,21,26-30,36H,6-7,15-20H2,1-2H3/t21-,26-,27-,28+,29+,30-,32-/m1/s1. The molecule has 0 unspecified atom stereocenters. The summed E-state index contributed by atoms with van der Waals surface area (Å²) in [6, 6.07) is 19.0. The fourth-order valence-corrected chi connectivity index (χ4v) is 7.78. The number of carbonyl (C=O) groups is 1. The number of benzene rings is 2. The van der Waals surface area contributed by atoms with E-state index < -0.39 is 6.10 Å². The number of allylic oxidation sites excluding steroid dienone is 1. The van der Waals surface area contributed by atoms with E-state index in [2.05, 4.69) is 72.2 Å². The zero-order chi connectivity index (χ0) is 26.4. The van der Waals surface area contributed by atoms with E-state index in [1.54, 1.807) is 0 Å². The third-order valence-electron chi connectivity index (χ3n) is 10.1. The largest absolute Gasteiger partial charge is 0.461 e. The molecule has 38 heavy (non-hydrogen) atoms. The molecule has 0 bridgehead atoms. The van der Waals surface area contributed by atoms with Gasteiger partial charge in [0.15, 0.2) is 0 Å². The lowest BCUT2D eigenvalue weighted by Crippen LogP contribution is -2.55. The number of fused-ring (bicyclic) bond motifs is 2. The summed E-state index contributed by atoms with van der Waals surface area (Å²) in [5.41, 5.74) is 3.54. The highest BCUT2D eigenvalue weighted by molar-refractivity contribution is 6.30. The fourth-order valence-electron chi connectivity index (χ4n) is 7.65. The summed E-state index contributed by atoms with van der Waals surface area (Å²) in [7, 11) is 0. The second-order valence-electron chi connectivity index (χ2n) is 12.0. The first-order chi connectivity index (χ1) is 18.4. The van der Waals surface area contributed by atoms with E-state index in [1.807, 2.05) is 12.1 Å². The Morgan fingerprint density at radius 1 is 1.05 bits per heavy atom. The predicted octanol–water partition coefficient (Wildman–Crippen LogP) is 5.33. The highest BCUT2D eigenvalue weighted by atomic mass is 35.5. The van der Waals surface area contributed by atoms with Crippen LogP contribution in [0.3, 0.4) is 0 Å². The minimum atomic E-state index is -0.548. The minimum Gasteiger partial charge on any atom is -0.461 e. The van der Waals surface area contributed by atoms with Gasteiger partial charge in [-0.1, -0.05) is 79.6 Å². The zero-order valence-corrected chi connectivity index (χ0v) is 23.2. The van der Waals surface area contributed by atoms with Crippen molar-refractivity contribution >= 4 is 17.6 Å². The van der Waals surface area contributed by atoms with Crippen LogP contribution in [0.1, 0.15) is 50.3 Å². The molecule has 0 radical (unpaired) electrons. The summed E-state index contributed by atoms with van der Waals surface area (Å²) in [4.78, 5) is 18.1. The Morgan fingerprint density at radius 2 is 1.74 bits per heavy atom. The molecule has 7 atom stereocenters. The Hall–Kier alpha value is -2.18. The van der Waals surface area contributed by atoms with Crippen molar-refractivity contribution in [3.63, 3.8) is 0 Å². The third kappa shape index (κ3) is 4.52. The molecule has 6 heteroatoms. The number of ether oxygens (including phenoxy) is 1. The molecule has 2 aliphatic carbocycles. The van der Waals surface area contributed by atoms with Crippen LogP contribution in [0, 0.1) is 23.2 Å². The van der Waals surface area contributed by atoms with Crippen molar-refractivity contribution in [2.75, 3.05) is 32.7 Å². The van der Waals surface area contributed by atoms with Gasteiger partial charge in [-0.3, -0.25) is 14.6 Å². The molecule has 2 heterocycles. The zero-order valence-electron chi connectivity index (χ0n) is 22.4. The Labute approximate surface area is 231 Å². The SMILES string of the molecule is C[C@@H]1CCC=C2C[C@H]3OC(=O)[C@H](CN4CCN([C@@H](c5ccccc5)c5ccc(Cl)cc5)CC4)[C@@H]3[C@@H](O)[C@@]21C. The highest BCUT2D eigenvalue weighted by Crippen LogP contribution is 2.56. The first kappa shape index (κ1) is 26.1. The summed E-state index contributed by atoms with van der Waals surface area (Å²) in [5.74, 6) is -0.119. The van der Waals surface area contributed by atoms with Crippen molar-refractivity contribution in [1.29, 1.82) is 0 Å². The second-order valence-corrected chi connectivity index (χ2v) is 12.4. The molecular weight excluding hydrogens is 496 g/mol. The van der Waals surface area contributed by atoms with Gasteiger partial charge in [-0.2, -0.15) is 0 Å². The van der Waals surface area contributed by atoms with Gasteiger partial charge in [0.1, 0.15) is 6.10 Å². The van der Waals surface area contributed by atoms with Crippen LogP contribution >= 0.6 is 11.6 Å². The van der Waals surface area contributed by atoms with E-state index in [1.165, 1.54) is 16.7 Å². The smallest absolute Gasteiger partial charge is 0.311 e. The third-order valence-corrected chi connectivity index (χ3v) is 10.4. The van der Waals surface area contributed by atoms with Crippen molar-refractivity contribution in [2.45, 2.75) is 51.4 Å². The van der Waals surface area contributed by atoms with Gasteiger partial charge in [-0.05, 0) is 42.0 Å². The van der Waals surface area contributed by atoms with Crippen molar-refractivity contribution in [2.24, 2.45) is 23.2 Å². The lowest BCUT2D eigenvalue weighted by atomic mass is 9.55. The molecule has 5 nitrogen and oxygen atoms in total. The Balaban J connectivity index is 1.16. The van der Waals surface area contributed by atoms with Crippen molar-refractivity contribution in [3.8, 4) is 0 Å². The number of hydrogen-bond donors (Lipinski definition) is 1. The van der Waals surface area contributed by atoms with Crippen LogP contribution < -0.4 is 0 Å². The summed E-state index contributed by atoms with van der Waals surface area (Å²) < 4.78 is 5.92. The van der Waals surface area contributed by atoms with Gasteiger partial charge in [-0.15, -0.1) is 0 Å². The summed E-state index contributed by atoms with van der Waals surface area (Å²) in [6.45, 7) is 8.70. The number of aliphatic hydroxyl groups excluding tert-OH is 1. The van der Waals surface area contributed by atoms with Crippen molar-refractivity contribution < 1.29 is 14.6 Å². The van der Waals surface area contributed by atoms with Gasteiger partial charge in [0.2, 0.25) is 0 Å². The molecule has 1 saturated carbocycles. The fraction of sp³-hybridized carbons (Fsp3) is 0.531. The maximum absolute atomic E-state index is 13.1. The van der Waals surface area contributed by atoms with Crippen LogP contribution in [0.5, 0.6) is 0 Å². The molecule has 2 aromatic rings. The number of hydrogen-bond acceptors (Lipinski definition) is 5. The molecule has 0 aromatic heterocycles. The molecule has 2 aromatic carbocycles. The van der Waals surface area contributed by atoms with Gasteiger partial charge < -0.3 is 9.84 Å². The number of piperazine rings is 1. The summed E-state index contributed by atoms with van der Waals surface area (Å²) in [6.07, 6.45) is 4.47. The van der Waals surface area contributed by atoms with Crippen molar-refractivity contribution in [1.82, 2.24) is 9.80 Å². The number of aliphatic hydroxyl groups is 1. The van der Waals surface area contributed by atoms with Crippen LogP contribution in [0.25, 0.3) is 0 Å². The number of rotatable bonds is 5. The van der Waals surface area contributed by atoms with Crippen molar-refractivity contribution in [3.05, 3.63) is 82.4 Å². The molecule has 202 valence electrons. The summed E-state index contributed by atoms with van der Waals surface area (Å²) in [5, 5.41) is 12.4. The molecule has 2 saturated heterocycles. The Kier molecular flexibility index (Phi) is 7.15. The minimum absolute atomic E-state index is 0.125. The maximum Gasteiger partial charge on any atom is 0.311 e. The van der Waals surface area contributed by atoms with Gasteiger partial charge in [0.05, 0.1) is 18.1 Å². The van der Waals surface area contributed by atoms with E-state index in [-0.39, 0.29) is 35.4 Å². The lowest BCUT2D eigenvalue weighted by Gasteiger charge is -2.52. The summed E-state index contributed by atoms with van der Waals surface area (Å²) >= 11 is 6.19. The number of halogens is 1. The van der Waals surface area contributed by atoms with Crippen LogP contribution in [-0.2, 0) is 9.53 Å². The van der Waals surface area contributed by atoms with Crippen LogP contribution in [0.4, 0.5) is 0 Å². The second kappa shape index (κ2) is 10.4. The maximum atomic E-state index is 13.1. The monoisotopic (exact) mass is 534 g/mol. The molecule has 0 amide bonds. The van der Waals surface area contributed by atoms with E-state index in [0.29, 0.717) is 12.5 Å². The quantitative estimate of drug-likeness (QED) is 0.415. The molecule has 2 aliphatic heterocycles. The van der Waals surface area contributed by atoms with E-state index in [4.69, 9.17) is 16.3 Å². The van der Waals surface area contributed by atoms with E-state index in [0.717, 1.165) is 50.5 Å². The molecular formula is C32H39ClN2O3. The average molecular weight is 535 g/mol. The number of nitrogens with zero attached hydrogens (tertiary/aromatic N) is 2. The van der Waals surface area contributed by atoms with Gasteiger partial charge >= 0.3 is 5.97 Å². The van der Waals surface area contributed by atoms with Crippen LogP contribution in [-0.4, -0.2) is 65.8 Å². The van der Waals surface area contributed by atoms with Gasteiger partial charge in [0, 0.05) is 55.5 Å². The average Bonchev–Trinajstić information content (AvgIpc) is 3.23. The van der Waals surface area contributed by atoms with E-state index >= 15 is 0 Å². The molecule has 0 spiro atoms. The molecule has 4 aliphatic rings. The van der Waals surface area contributed by atoms with Gasteiger partial charge in [0.25, 0.3) is 0 Å². The molecule has 3 fully saturated rings.